The van der Waals surface area contributed by atoms with E-state index < -0.39 is 10.7 Å². The number of thiol groups is 1. The first kappa shape index (κ1) is 7.27. The summed E-state index contributed by atoms with van der Waals surface area (Å²) in [6.07, 6.45) is 1.49. The van der Waals surface area contributed by atoms with Crippen LogP contribution in [0.5, 0.6) is 0 Å². The van der Waals surface area contributed by atoms with Crippen LogP contribution >= 0.6 is 0 Å². The zero-order valence-corrected chi connectivity index (χ0v) is 6.63. The fourth-order valence-electron chi connectivity index (χ4n) is 0.766. The molecule has 0 saturated heterocycles. The molecule has 1 aromatic rings. The highest BCUT2D eigenvalue weighted by Crippen LogP contribution is 2.04. The van der Waals surface area contributed by atoms with Crippen molar-refractivity contribution >= 4 is 10.7 Å². The molecule has 0 radical (unpaired) electrons. The van der Waals surface area contributed by atoms with Gasteiger partial charge in [-0.2, -0.15) is 5.10 Å². The Bertz CT molecular complexity index is 305. The first-order valence-corrected chi connectivity index (χ1v) is 3.93. The Morgan fingerprint density at radius 3 is 2.40 bits per heavy atom. The van der Waals surface area contributed by atoms with Gasteiger partial charge in [-0.1, -0.05) is 0 Å². The Balaban J connectivity index is 3.28. The van der Waals surface area contributed by atoms with Crippen LogP contribution in [0.1, 0.15) is 5.69 Å². The average molecular weight is 160 g/mol. The monoisotopic (exact) mass is 160 g/mol. The fourth-order valence-corrected chi connectivity index (χ4v) is 1.34. The van der Waals surface area contributed by atoms with Gasteiger partial charge in [0.15, 0.2) is 10.7 Å². The molecule has 0 fully saturated rings. The van der Waals surface area contributed by atoms with E-state index in [2.05, 4.69) is 5.10 Å². The topological polar surface area (TPSA) is 52.0 Å². The van der Waals surface area contributed by atoms with Crippen molar-refractivity contribution in [3.63, 3.8) is 0 Å². The zero-order chi connectivity index (χ0) is 7.72. The van der Waals surface area contributed by atoms with E-state index in [1.54, 1.807) is 14.0 Å². The molecule has 4 nitrogen and oxygen atoms in total. The molecule has 0 amide bonds. The van der Waals surface area contributed by atoms with E-state index in [0.717, 1.165) is 0 Å². The summed E-state index contributed by atoms with van der Waals surface area (Å²) < 4.78 is 22.3. The van der Waals surface area contributed by atoms with Gasteiger partial charge in [-0.3, -0.25) is 4.68 Å². The minimum Gasteiger partial charge on any atom is -0.274 e. The molecule has 1 aromatic heterocycles. The van der Waals surface area contributed by atoms with Crippen LogP contribution in [0.25, 0.3) is 0 Å². The zero-order valence-electron chi connectivity index (χ0n) is 5.74. The molecule has 0 saturated carbocycles. The van der Waals surface area contributed by atoms with Crippen LogP contribution in [-0.2, 0) is 17.8 Å². The van der Waals surface area contributed by atoms with Crippen molar-refractivity contribution in [1.29, 1.82) is 0 Å². The summed E-state index contributed by atoms with van der Waals surface area (Å²) in [5, 5.41) is 3.87. The highest BCUT2D eigenvalue weighted by atomic mass is 32.2. The van der Waals surface area contributed by atoms with Crippen LogP contribution in [-0.4, -0.2) is 18.2 Å². The Kier molecular flexibility index (Phi) is 1.76. The lowest BCUT2D eigenvalue weighted by Crippen LogP contribution is -1.86. The molecule has 0 aliphatic rings. The second-order valence-electron chi connectivity index (χ2n) is 2.03. The highest BCUT2D eigenvalue weighted by Gasteiger charge is 2.03. The third-order valence-corrected chi connectivity index (χ3v) is 2.02. The Morgan fingerprint density at radius 1 is 1.60 bits per heavy atom. The molecule has 1 rings (SSSR count). The number of aryl methyl sites for hydroxylation is 2. The third-order valence-electron chi connectivity index (χ3n) is 1.18. The Morgan fingerprint density at radius 2 is 2.20 bits per heavy atom. The van der Waals surface area contributed by atoms with Gasteiger partial charge in [-0.15, -0.1) is 0 Å². The lowest BCUT2D eigenvalue weighted by Gasteiger charge is -1.79. The summed E-state index contributed by atoms with van der Waals surface area (Å²) in [6.45, 7) is 1.67. The predicted octanol–water partition coefficient (Wildman–Crippen LogP) is -0.301. The van der Waals surface area contributed by atoms with Crippen molar-refractivity contribution in [3.05, 3.63) is 11.9 Å². The van der Waals surface area contributed by atoms with E-state index >= 15 is 0 Å². The maximum atomic E-state index is 10.4. The van der Waals surface area contributed by atoms with Crippen LogP contribution in [0.2, 0.25) is 0 Å². The Labute approximate surface area is 60.4 Å². The van der Waals surface area contributed by atoms with Gasteiger partial charge < -0.3 is 0 Å². The van der Waals surface area contributed by atoms with E-state index in [0.29, 0.717) is 10.6 Å². The summed E-state index contributed by atoms with van der Waals surface area (Å²) in [4.78, 5) is 0.303. The Hall–Kier alpha value is -0.840. The maximum absolute atomic E-state index is 10.4. The van der Waals surface area contributed by atoms with Crippen molar-refractivity contribution in [3.8, 4) is 0 Å². The minimum absolute atomic E-state index is 0.303. The molecule has 0 aliphatic carbocycles. The number of hydrogen-bond acceptors (Lipinski definition) is 3. The van der Waals surface area contributed by atoms with Crippen molar-refractivity contribution in [2.75, 3.05) is 0 Å². The fraction of sp³-hybridized carbons (Fsp3) is 0.400. The largest absolute Gasteiger partial charge is 0.274 e. The molecule has 0 N–H and O–H groups in total. The van der Waals surface area contributed by atoms with E-state index in [1.165, 1.54) is 10.9 Å². The van der Waals surface area contributed by atoms with Gasteiger partial charge in [0.25, 0.3) is 0 Å². The highest BCUT2D eigenvalue weighted by molar-refractivity contribution is 7.72. The average Bonchev–Trinajstić information content (AvgIpc) is 2.10. The van der Waals surface area contributed by atoms with Gasteiger partial charge >= 0.3 is 0 Å². The molecule has 56 valence electrons. The molecular weight excluding hydrogens is 152 g/mol. The first-order valence-electron chi connectivity index (χ1n) is 2.76. The van der Waals surface area contributed by atoms with Crippen LogP contribution < -0.4 is 0 Å². The maximum Gasteiger partial charge on any atom is 0.171 e. The summed E-state index contributed by atoms with van der Waals surface area (Å²) in [5.41, 5.74) is 0.554. The molecule has 1 heterocycles. The van der Waals surface area contributed by atoms with Gasteiger partial charge in [-0.05, 0) is 6.92 Å². The third kappa shape index (κ3) is 1.18. The second-order valence-corrected chi connectivity index (χ2v) is 3.03. The standard InChI is InChI=1S/C5H8N2O2S/c1-4-5(10(8)9)3-7(2)6-4/h3,10H,1-2H3. The smallest absolute Gasteiger partial charge is 0.171 e. The molecule has 0 aromatic carbocycles. The molecule has 0 unspecified atom stereocenters. The normalized spacial score (nSPS) is 10.7. The lowest BCUT2D eigenvalue weighted by molar-refractivity contribution is 0.614. The summed E-state index contributed by atoms with van der Waals surface area (Å²) in [5.74, 6) is 0. The van der Waals surface area contributed by atoms with Crippen molar-refractivity contribution in [2.24, 2.45) is 7.05 Å². The second kappa shape index (κ2) is 2.42. The summed E-state index contributed by atoms with van der Waals surface area (Å²) in [7, 11) is -0.789. The van der Waals surface area contributed by atoms with Crippen molar-refractivity contribution in [2.45, 2.75) is 11.8 Å². The minimum atomic E-state index is -2.48. The molecule has 5 heteroatoms. The number of nitrogens with zero attached hydrogens (tertiary/aromatic N) is 2. The quantitative estimate of drug-likeness (QED) is 0.574. The predicted molar refractivity (Wildman–Crippen MR) is 36.5 cm³/mol. The van der Waals surface area contributed by atoms with E-state index in [9.17, 15) is 8.42 Å². The SMILES string of the molecule is Cc1nn(C)cc1[SH](=O)=O. The van der Waals surface area contributed by atoms with Gasteiger partial charge in [0.05, 0.1) is 5.69 Å². The first-order chi connectivity index (χ1) is 4.61. The lowest BCUT2D eigenvalue weighted by atomic mass is 10.5. The van der Waals surface area contributed by atoms with Gasteiger partial charge in [0, 0.05) is 13.2 Å². The molecule has 0 aliphatic heterocycles. The van der Waals surface area contributed by atoms with Crippen molar-refractivity contribution in [1.82, 2.24) is 9.78 Å². The van der Waals surface area contributed by atoms with E-state index in [4.69, 9.17) is 0 Å². The molecular formula is C5H8N2O2S. The van der Waals surface area contributed by atoms with Crippen LogP contribution in [0.4, 0.5) is 0 Å². The van der Waals surface area contributed by atoms with Crippen LogP contribution in [0.3, 0.4) is 0 Å². The van der Waals surface area contributed by atoms with Gasteiger partial charge in [-0.25, -0.2) is 8.42 Å². The summed E-state index contributed by atoms with van der Waals surface area (Å²) >= 11 is 0. The number of rotatable bonds is 1. The van der Waals surface area contributed by atoms with E-state index in [-0.39, 0.29) is 0 Å². The van der Waals surface area contributed by atoms with E-state index in [1.807, 2.05) is 0 Å². The molecule has 0 bridgehead atoms. The van der Waals surface area contributed by atoms with Gasteiger partial charge in [0.2, 0.25) is 0 Å². The summed E-state index contributed by atoms with van der Waals surface area (Å²) in [6, 6.07) is 0. The molecule has 10 heavy (non-hydrogen) atoms. The van der Waals surface area contributed by atoms with Crippen molar-refractivity contribution < 1.29 is 8.42 Å². The molecule has 0 atom stereocenters. The van der Waals surface area contributed by atoms with Crippen LogP contribution in [0, 0.1) is 6.92 Å². The van der Waals surface area contributed by atoms with Gasteiger partial charge in [0.1, 0.15) is 4.90 Å². The molecule has 0 spiro atoms. The van der Waals surface area contributed by atoms with Crippen LogP contribution in [0.15, 0.2) is 11.1 Å². The number of aromatic nitrogens is 2. The number of hydrogen-bond donors (Lipinski definition) is 1.